The number of hydrogen-bond acceptors (Lipinski definition) is 2. The van der Waals surface area contributed by atoms with E-state index >= 15 is 0 Å². The molecule has 0 aliphatic carbocycles. The van der Waals surface area contributed by atoms with Crippen LogP contribution in [0, 0.1) is 11.6 Å². The topological polar surface area (TPSA) is 21.3 Å². The van der Waals surface area contributed by atoms with E-state index in [4.69, 9.17) is 4.74 Å². The Morgan fingerprint density at radius 2 is 2.12 bits per heavy atom. The summed E-state index contributed by atoms with van der Waals surface area (Å²) < 4.78 is 31.4. The lowest BCUT2D eigenvalue weighted by atomic mass is 10.0. The molecule has 0 saturated carbocycles. The Morgan fingerprint density at radius 3 is 2.75 bits per heavy atom. The van der Waals surface area contributed by atoms with Gasteiger partial charge in [-0.1, -0.05) is 0 Å². The van der Waals surface area contributed by atoms with Gasteiger partial charge in [0.15, 0.2) is 0 Å². The maximum atomic E-state index is 13.5. The molecule has 1 rings (SSSR count). The molecule has 16 heavy (non-hydrogen) atoms. The van der Waals surface area contributed by atoms with Crippen molar-refractivity contribution in [3.63, 3.8) is 0 Å². The molecule has 0 bridgehead atoms. The predicted molar refractivity (Wildman–Crippen MR) is 59.3 cm³/mol. The van der Waals surface area contributed by atoms with Gasteiger partial charge in [-0.25, -0.2) is 8.78 Å². The average molecular weight is 229 g/mol. The molecule has 0 aromatic heterocycles. The van der Waals surface area contributed by atoms with E-state index < -0.39 is 5.82 Å². The van der Waals surface area contributed by atoms with Gasteiger partial charge in [-0.3, -0.25) is 0 Å². The molecule has 90 valence electrons. The van der Waals surface area contributed by atoms with Crippen molar-refractivity contribution in [1.82, 2.24) is 5.32 Å². The van der Waals surface area contributed by atoms with Crippen LogP contribution in [0.3, 0.4) is 0 Å². The van der Waals surface area contributed by atoms with Crippen LogP contribution in [-0.4, -0.2) is 20.8 Å². The van der Waals surface area contributed by atoms with Crippen LogP contribution in [0.4, 0.5) is 8.78 Å². The molecule has 1 aromatic carbocycles. The maximum absolute atomic E-state index is 13.5. The van der Waals surface area contributed by atoms with E-state index in [9.17, 15) is 8.78 Å². The highest BCUT2D eigenvalue weighted by Crippen LogP contribution is 2.22. The van der Waals surface area contributed by atoms with Crippen molar-refractivity contribution in [2.45, 2.75) is 18.9 Å². The lowest BCUT2D eigenvalue weighted by Gasteiger charge is -2.17. The highest BCUT2D eigenvalue weighted by atomic mass is 19.1. The van der Waals surface area contributed by atoms with Crippen molar-refractivity contribution < 1.29 is 13.5 Å². The third-order valence-electron chi connectivity index (χ3n) is 2.52. The molecule has 1 N–H and O–H groups in total. The molecular formula is C12H17F2NO. The van der Waals surface area contributed by atoms with Crippen LogP contribution in [0.25, 0.3) is 0 Å². The van der Waals surface area contributed by atoms with Crippen LogP contribution in [0.5, 0.6) is 0 Å². The van der Waals surface area contributed by atoms with Crippen LogP contribution in [0.2, 0.25) is 0 Å². The fourth-order valence-electron chi connectivity index (χ4n) is 1.67. The smallest absolute Gasteiger partial charge is 0.128 e. The van der Waals surface area contributed by atoms with E-state index in [1.807, 2.05) is 0 Å². The first-order valence-electron chi connectivity index (χ1n) is 5.30. The number of methoxy groups -OCH3 is 1. The van der Waals surface area contributed by atoms with Gasteiger partial charge >= 0.3 is 0 Å². The summed E-state index contributed by atoms with van der Waals surface area (Å²) in [6.07, 6.45) is 1.52. The Bertz CT molecular complexity index is 331. The van der Waals surface area contributed by atoms with Crippen molar-refractivity contribution in [3.8, 4) is 0 Å². The second-order valence-corrected chi connectivity index (χ2v) is 3.64. The number of ether oxygens (including phenoxy) is 1. The number of nitrogens with one attached hydrogen (secondary N) is 1. The number of rotatable bonds is 6. The molecule has 1 atom stereocenters. The highest BCUT2D eigenvalue weighted by Gasteiger charge is 2.14. The fourth-order valence-corrected chi connectivity index (χ4v) is 1.67. The largest absolute Gasteiger partial charge is 0.385 e. The molecule has 2 nitrogen and oxygen atoms in total. The molecule has 1 aromatic rings. The van der Waals surface area contributed by atoms with Crippen LogP contribution < -0.4 is 5.32 Å². The van der Waals surface area contributed by atoms with Gasteiger partial charge in [-0.15, -0.1) is 0 Å². The third-order valence-corrected chi connectivity index (χ3v) is 2.52. The van der Waals surface area contributed by atoms with Crippen molar-refractivity contribution in [2.75, 3.05) is 20.8 Å². The fraction of sp³-hybridized carbons (Fsp3) is 0.500. The lowest BCUT2D eigenvalue weighted by molar-refractivity contribution is 0.189. The van der Waals surface area contributed by atoms with Gasteiger partial charge in [-0.2, -0.15) is 0 Å². The second kappa shape index (κ2) is 6.55. The van der Waals surface area contributed by atoms with Gasteiger partial charge in [-0.05, 0) is 38.1 Å². The molecule has 0 fully saturated rings. The highest BCUT2D eigenvalue weighted by molar-refractivity contribution is 5.22. The van der Waals surface area contributed by atoms with Crippen LogP contribution in [0.15, 0.2) is 18.2 Å². The number of hydrogen-bond donors (Lipinski definition) is 1. The standard InChI is InChI=1S/C12H17F2NO/c1-15-12(4-3-7-16-2)10-8-9(13)5-6-11(10)14/h5-6,8,12,15H,3-4,7H2,1-2H3. The Labute approximate surface area is 94.6 Å². The van der Waals surface area contributed by atoms with Crippen molar-refractivity contribution in [1.29, 1.82) is 0 Å². The average Bonchev–Trinajstić information content (AvgIpc) is 2.28. The first-order valence-corrected chi connectivity index (χ1v) is 5.30. The summed E-state index contributed by atoms with van der Waals surface area (Å²) >= 11 is 0. The van der Waals surface area contributed by atoms with Crippen LogP contribution in [-0.2, 0) is 4.74 Å². The van der Waals surface area contributed by atoms with Gasteiger partial charge < -0.3 is 10.1 Å². The van der Waals surface area contributed by atoms with Crippen LogP contribution in [0.1, 0.15) is 24.4 Å². The monoisotopic (exact) mass is 229 g/mol. The second-order valence-electron chi connectivity index (χ2n) is 3.64. The molecule has 0 aliphatic heterocycles. The lowest BCUT2D eigenvalue weighted by Crippen LogP contribution is -2.18. The summed E-state index contributed by atoms with van der Waals surface area (Å²) in [7, 11) is 3.36. The van der Waals surface area contributed by atoms with E-state index in [1.54, 1.807) is 14.2 Å². The molecular weight excluding hydrogens is 212 g/mol. The summed E-state index contributed by atoms with van der Waals surface area (Å²) in [6.45, 7) is 0.620. The van der Waals surface area contributed by atoms with E-state index in [1.165, 1.54) is 6.07 Å². The SMILES string of the molecule is CNC(CCCOC)c1cc(F)ccc1F. The first kappa shape index (κ1) is 13.1. The van der Waals surface area contributed by atoms with Gasteiger partial charge in [0.25, 0.3) is 0 Å². The molecule has 0 radical (unpaired) electrons. The Morgan fingerprint density at radius 1 is 1.38 bits per heavy atom. The van der Waals surface area contributed by atoms with E-state index in [-0.39, 0.29) is 11.9 Å². The molecule has 0 spiro atoms. The van der Waals surface area contributed by atoms with E-state index in [0.29, 0.717) is 18.6 Å². The van der Waals surface area contributed by atoms with E-state index in [2.05, 4.69) is 5.32 Å². The minimum atomic E-state index is -0.414. The molecule has 1 unspecified atom stereocenters. The first-order chi connectivity index (χ1) is 7.69. The quantitative estimate of drug-likeness (QED) is 0.757. The Balaban J connectivity index is 2.73. The molecule has 4 heteroatoms. The van der Waals surface area contributed by atoms with Crippen molar-refractivity contribution in [3.05, 3.63) is 35.4 Å². The summed E-state index contributed by atoms with van der Waals surface area (Å²) in [5, 5.41) is 2.98. The normalized spacial score (nSPS) is 12.8. The third kappa shape index (κ3) is 3.54. The summed E-state index contributed by atoms with van der Waals surface area (Å²) in [5.74, 6) is -0.790. The summed E-state index contributed by atoms with van der Waals surface area (Å²) in [4.78, 5) is 0. The van der Waals surface area contributed by atoms with Gasteiger partial charge in [0, 0.05) is 25.3 Å². The van der Waals surface area contributed by atoms with Gasteiger partial charge in [0.2, 0.25) is 0 Å². The van der Waals surface area contributed by atoms with E-state index in [0.717, 1.165) is 18.6 Å². The zero-order valence-electron chi connectivity index (χ0n) is 9.59. The Hall–Kier alpha value is -1.00. The molecule has 0 amide bonds. The molecule has 0 heterocycles. The number of halogens is 2. The van der Waals surface area contributed by atoms with Crippen molar-refractivity contribution >= 4 is 0 Å². The van der Waals surface area contributed by atoms with Crippen molar-refractivity contribution in [2.24, 2.45) is 0 Å². The number of benzene rings is 1. The zero-order chi connectivity index (χ0) is 12.0. The van der Waals surface area contributed by atoms with Gasteiger partial charge in [0.1, 0.15) is 11.6 Å². The Kier molecular flexibility index (Phi) is 5.35. The van der Waals surface area contributed by atoms with Gasteiger partial charge in [0.05, 0.1) is 0 Å². The minimum Gasteiger partial charge on any atom is -0.385 e. The predicted octanol–water partition coefficient (Wildman–Crippen LogP) is 2.65. The van der Waals surface area contributed by atoms with Crippen LogP contribution >= 0.6 is 0 Å². The minimum absolute atomic E-state index is 0.175. The zero-order valence-corrected chi connectivity index (χ0v) is 9.59. The maximum Gasteiger partial charge on any atom is 0.128 e. The summed E-state index contributed by atoms with van der Waals surface area (Å²) in [6, 6.07) is 3.35. The molecule has 0 aliphatic rings. The summed E-state index contributed by atoms with van der Waals surface area (Å²) in [5.41, 5.74) is 0.374. The molecule has 0 saturated heterocycles.